The minimum absolute atomic E-state index is 0.0118. The van der Waals surface area contributed by atoms with Gasteiger partial charge in [0.15, 0.2) is 0 Å². The van der Waals surface area contributed by atoms with Gasteiger partial charge in [-0.25, -0.2) is 4.79 Å². The van der Waals surface area contributed by atoms with E-state index < -0.39 is 0 Å². The second-order valence-corrected chi connectivity index (χ2v) is 8.13. The van der Waals surface area contributed by atoms with E-state index in [4.69, 9.17) is 4.74 Å². The molecule has 0 radical (unpaired) electrons. The average Bonchev–Trinajstić information content (AvgIpc) is 3.34. The lowest BCUT2D eigenvalue weighted by molar-refractivity contribution is 0.00118. The van der Waals surface area contributed by atoms with Crippen molar-refractivity contribution in [3.8, 4) is 0 Å². The molecule has 24 heavy (non-hydrogen) atoms. The number of hydrogen-bond donors (Lipinski definition) is 0. The second kappa shape index (κ2) is 6.58. The van der Waals surface area contributed by atoms with Crippen LogP contribution in [-0.4, -0.2) is 12.1 Å². The molecule has 4 atom stereocenters. The SMILES string of the molecule is C=C1C/C=C/C(C)(C)C[C@@H](OC(=O)c2ccccc2)[C@H](C)[C@@H]2C[C@@H]12. The van der Waals surface area contributed by atoms with Crippen molar-refractivity contribution in [1.82, 2.24) is 0 Å². The van der Waals surface area contributed by atoms with Crippen molar-refractivity contribution in [2.45, 2.75) is 46.1 Å². The van der Waals surface area contributed by atoms with E-state index in [1.54, 1.807) is 0 Å². The number of allylic oxidation sites excluding steroid dienone is 3. The van der Waals surface area contributed by atoms with Crippen molar-refractivity contribution in [1.29, 1.82) is 0 Å². The fourth-order valence-electron chi connectivity index (χ4n) is 3.92. The molecule has 0 amide bonds. The molecule has 1 saturated carbocycles. The zero-order valence-electron chi connectivity index (χ0n) is 15.0. The molecule has 2 heteroatoms. The lowest BCUT2D eigenvalue weighted by Gasteiger charge is -2.32. The second-order valence-electron chi connectivity index (χ2n) is 8.13. The molecule has 0 unspecified atom stereocenters. The molecule has 3 rings (SSSR count). The standard InChI is InChI=1S/C22H28O2/c1-15-9-8-12-22(3,4)14-20(16(2)19-13-18(15)19)24-21(23)17-10-6-5-7-11-17/h5-8,10-12,16,18-20H,1,9,13-14H2,2-4H3/b12-8+/t16-,18+,19+,20-/m1/s1. The highest BCUT2D eigenvalue weighted by Gasteiger charge is 2.46. The fraction of sp³-hybridized carbons (Fsp3) is 0.500. The summed E-state index contributed by atoms with van der Waals surface area (Å²) in [5, 5.41) is 0. The van der Waals surface area contributed by atoms with Gasteiger partial charge < -0.3 is 4.74 Å². The highest BCUT2D eigenvalue weighted by Crippen LogP contribution is 2.52. The predicted octanol–water partition coefficient (Wildman–Crippen LogP) is 5.42. The van der Waals surface area contributed by atoms with Crippen LogP contribution >= 0.6 is 0 Å². The van der Waals surface area contributed by atoms with Crippen LogP contribution in [-0.2, 0) is 4.74 Å². The van der Waals surface area contributed by atoms with Crippen molar-refractivity contribution in [3.05, 3.63) is 60.2 Å². The fourth-order valence-corrected chi connectivity index (χ4v) is 3.92. The quantitative estimate of drug-likeness (QED) is 0.536. The third-order valence-corrected chi connectivity index (χ3v) is 5.57. The van der Waals surface area contributed by atoms with Gasteiger partial charge in [-0.1, -0.05) is 63.3 Å². The van der Waals surface area contributed by atoms with Gasteiger partial charge in [-0.15, -0.1) is 0 Å². The molecule has 0 N–H and O–H groups in total. The van der Waals surface area contributed by atoms with Gasteiger partial charge in [0, 0.05) is 0 Å². The molecule has 0 heterocycles. The Morgan fingerprint density at radius 2 is 1.96 bits per heavy atom. The van der Waals surface area contributed by atoms with E-state index in [0.717, 1.165) is 12.8 Å². The maximum absolute atomic E-state index is 12.5. The van der Waals surface area contributed by atoms with Gasteiger partial charge in [0.05, 0.1) is 5.56 Å². The van der Waals surface area contributed by atoms with Crippen LogP contribution in [0.3, 0.4) is 0 Å². The number of rotatable bonds is 2. The number of fused-ring (bicyclic) bond motifs is 1. The number of ether oxygens (including phenoxy) is 1. The smallest absolute Gasteiger partial charge is 0.338 e. The number of esters is 1. The Kier molecular flexibility index (Phi) is 4.67. The summed E-state index contributed by atoms with van der Waals surface area (Å²) in [5.74, 6) is 1.36. The van der Waals surface area contributed by atoms with Crippen molar-refractivity contribution in [3.63, 3.8) is 0 Å². The predicted molar refractivity (Wildman–Crippen MR) is 97.7 cm³/mol. The monoisotopic (exact) mass is 324 g/mol. The van der Waals surface area contributed by atoms with E-state index in [0.29, 0.717) is 23.3 Å². The van der Waals surface area contributed by atoms with E-state index in [1.807, 2.05) is 30.3 Å². The van der Waals surface area contributed by atoms with Crippen molar-refractivity contribution < 1.29 is 9.53 Å². The first-order valence-electron chi connectivity index (χ1n) is 8.99. The van der Waals surface area contributed by atoms with Gasteiger partial charge in [-0.05, 0) is 54.6 Å². The summed E-state index contributed by atoms with van der Waals surface area (Å²) in [6, 6.07) is 9.30. The lowest BCUT2D eigenvalue weighted by atomic mass is 9.80. The minimum Gasteiger partial charge on any atom is -0.458 e. The number of carbonyl (C=O) groups excluding carboxylic acids is 1. The Morgan fingerprint density at radius 1 is 1.25 bits per heavy atom. The van der Waals surface area contributed by atoms with Crippen LogP contribution in [0.1, 0.15) is 50.4 Å². The van der Waals surface area contributed by atoms with E-state index in [1.165, 1.54) is 12.0 Å². The zero-order chi connectivity index (χ0) is 17.3. The summed E-state index contributed by atoms with van der Waals surface area (Å²) in [7, 11) is 0. The Hall–Kier alpha value is -1.83. The molecule has 2 aliphatic rings. The number of benzene rings is 1. The molecule has 0 aliphatic heterocycles. The topological polar surface area (TPSA) is 26.3 Å². The lowest BCUT2D eigenvalue weighted by Crippen LogP contribution is -2.32. The van der Waals surface area contributed by atoms with Gasteiger partial charge in [0.25, 0.3) is 0 Å². The van der Waals surface area contributed by atoms with Crippen LogP contribution in [0.2, 0.25) is 0 Å². The first-order valence-corrected chi connectivity index (χ1v) is 8.99. The van der Waals surface area contributed by atoms with E-state index in [-0.39, 0.29) is 17.5 Å². The van der Waals surface area contributed by atoms with Crippen LogP contribution in [0.15, 0.2) is 54.6 Å². The molecule has 2 nitrogen and oxygen atoms in total. The van der Waals surface area contributed by atoms with Crippen LogP contribution < -0.4 is 0 Å². The highest BCUT2D eigenvalue weighted by atomic mass is 16.5. The molecule has 0 spiro atoms. The molecule has 0 saturated heterocycles. The maximum Gasteiger partial charge on any atom is 0.338 e. The summed E-state index contributed by atoms with van der Waals surface area (Å²) in [6.45, 7) is 10.9. The van der Waals surface area contributed by atoms with Crippen LogP contribution in [0.4, 0.5) is 0 Å². The third kappa shape index (κ3) is 3.80. The molecule has 1 fully saturated rings. The Balaban J connectivity index is 1.80. The first kappa shape index (κ1) is 17.0. The molecular formula is C22H28O2. The van der Waals surface area contributed by atoms with Crippen LogP contribution in [0.5, 0.6) is 0 Å². The average molecular weight is 324 g/mol. The van der Waals surface area contributed by atoms with Crippen molar-refractivity contribution >= 4 is 5.97 Å². The Bertz CT molecular complexity index is 641. The Morgan fingerprint density at radius 3 is 2.67 bits per heavy atom. The number of carbonyl (C=O) groups is 1. The van der Waals surface area contributed by atoms with Gasteiger partial charge in [0.2, 0.25) is 0 Å². The molecule has 1 aromatic rings. The van der Waals surface area contributed by atoms with Crippen LogP contribution in [0.25, 0.3) is 0 Å². The summed E-state index contributed by atoms with van der Waals surface area (Å²) in [4.78, 5) is 12.5. The largest absolute Gasteiger partial charge is 0.458 e. The van der Waals surface area contributed by atoms with Gasteiger partial charge in [0.1, 0.15) is 6.10 Å². The van der Waals surface area contributed by atoms with Crippen molar-refractivity contribution in [2.24, 2.45) is 23.2 Å². The number of hydrogen-bond acceptors (Lipinski definition) is 2. The molecule has 1 aromatic carbocycles. The Labute approximate surface area is 145 Å². The molecule has 0 aromatic heterocycles. The molecule has 2 aliphatic carbocycles. The molecular weight excluding hydrogens is 296 g/mol. The van der Waals surface area contributed by atoms with E-state index in [2.05, 4.69) is 39.5 Å². The highest BCUT2D eigenvalue weighted by molar-refractivity contribution is 5.89. The first-order chi connectivity index (χ1) is 11.4. The molecule has 128 valence electrons. The van der Waals surface area contributed by atoms with E-state index in [9.17, 15) is 4.79 Å². The van der Waals surface area contributed by atoms with Gasteiger partial charge in [-0.2, -0.15) is 0 Å². The van der Waals surface area contributed by atoms with E-state index >= 15 is 0 Å². The van der Waals surface area contributed by atoms with Crippen molar-refractivity contribution in [2.75, 3.05) is 0 Å². The normalized spacial score (nSPS) is 33.2. The zero-order valence-corrected chi connectivity index (χ0v) is 15.0. The van der Waals surface area contributed by atoms with Gasteiger partial charge in [-0.3, -0.25) is 0 Å². The summed E-state index contributed by atoms with van der Waals surface area (Å²) in [5.41, 5.74) is 1.97. The summed E-state index contributed by atoms with van der Waals surface area (Å²) in [6.07, 6.45) is 7.47. The summed E-state index contributed by atoms with van der Waals surface area (Å²) < 4.78 is 5.99. The maximum atomic E-state index is 12.5. The third-order valence-electron chi connectivity index (χ3n) is 5.57. The molecule has 0 bridgehead atoms. The van der Waals surface area contributed by atoms with Crippen LogP contribution in [0, 0.1) is 23.2 Å². The minimum atomic E-state index is -0.208. The van der Waals surface area contributed by atoms with Gasteiger partial charge >= 0.3 is 5.97 Å². The summed E-state index contributed by atoms with van der Waals surface area (Å²) >= 11 is 0.